The van der Waals surface area contributed by atoms with Crippen molar-refractivity contribution in [1.82, 2.24) is 9.80 Å². The summed E-state index contributed by atoms with van der Waals surface area (Å²) in [6, 6.07) is 9.33. The van der Waals surface area contributed by atoms with E-state index in [0.717, 1.165) is 29.5 Å². The van der Waals surface area contributed by atoms with Crippen molar-refractivity contribution in [3.05, 3.63) is 59.2 Å². The van der Waals surface area contributed by atoms with Crippen LogP contribution in [0.25, 0.3) is 0 Å². The van der Waals surface area contributed by atoms with Crippen LogP contribution >= 0.6 is 0 Å². The van der Waals surface area contributed by atoms with Crippen LogP contribution in [0.3, 0.4) is 0 Å². The average molecular weight is 597 g/mol. The van der Waals surface area contributed by atoms with E-state index in [1.807, 2.05) is 6.07 Å². The molecule has 4 rings (SSSR count). The van der Waals surface area contributed by atoms with Crippen LogP contribution in [0.15, 0.2) is 42.5 Å². The molecule has 2 heterocycles. The number of alkyl halides is 3. The fraction of sp³-hybridized carbons (Fsp3) is 0.517. The van der Waals surface area contributed by atoms with Crippen LogP contribution in [-0.4, -0.2) is 67.5 Å². The molecule has 2 unspecified atom stereocenters. The van der Waals surface area contributed by atoms with Gasteiger partial charge in [0.15, 0.2) is 0 Å². The first-order chi connectivity index (χ1) is 19.0. The van der Waals surface area contributed by atoms with Gasteiger partial charge in [-0.15, -0.1) is 0 Å². The van der Waals surface area contributed by atoms with Crippen molar-refractivity contribution < 1.29 is 40.7 Å². The summed E-state index contributed by atoms with van der Waals surface area (Å²) in [7, 11) is -3.35. The van der Waals surface area contributed by atoms with Crippen LogP contribution < -0.4 is 4.74 Å². The van der Waals surface area contributed by atoms with Crippen LogP contribution in [0.4, 0.5) is 18.0 Å². The first-order valence-corrected chi connectivity index (χ1v) is 15.5. The Hall–Kier alpha value is -3.28. The number of sulfone groups is 1. The molecular weight excluding hydrogens is 561 g/mol. The number of amides is 2. The molecule has 2 atom stereocenters. The largest absolute Gasteiger partial charge is 0.457 e. The third-order valence-electron chi connectivity index (χ3n) is 7.14. The van der Waals surface area contributed by atoms with Gasteiger partial charge in [-0.05, 0) is 81.1 Å². The minimum absolute atomic E-state index is 0.148. The molecule has 0 aliphatic carbocycles. The van der Waals surface area contributed by atoms with Gasteiger partial charge < -0.3 is 19.3 Å². The van der Waals surface area contributed by atoms with Gasteiger partial charge in [-0.25, -0.2) is 13.2 Å². The van der Waals surface area contributed by atoms with E-state index in [-0.39, 0.29) is 29.7 Å². The molecule has 1 fully saturated rings. The quantitative estimate of drug-likeness (QED) is 0.430. The zero-order chi connectivity index (χ0) is 30.2. The third kappa shape index (κ3) is 7.93. The van der Waals surface area contributed by atoms with E-state index in [1.165, 1.54) is 12.1 Å². The molecule has 2 aromatic carbocycles. The summed E-state index contributed by atoms with van der Waals surface area (Å²) in [4.78, 5) is 29.4. The average Bonchev–Trinajstić information content (AvgIpc) is 3.35. The molecule has 2 amide bonds. The van der Waals surface area contributed by atoms with Crippen LogP contribution in [0.1, 0.15) is 56.3 Å². The molecule has 2 aliphatic rings. The number of hydrogen-bond acceptors (Lipinski definition) is 6. The van der Waals surface area contributed by atoms with Gasteiger partial charge in [0, 0.05) is 38.2 Å². The van der Waals surface area contributed by atoms with Crippen molar-refractivity contribution in [3.63, 3.8) is 0 Å². The standard InChI is InChI=1S/C29H35F3N2O6S/c1-28(2,3)40-27(36)33-14-11-20(18-33)26-24-17-23(39-22-9-6-21(7-10-22)29(30,31)32)8-5-19(24)12-15-34(26)25(35)13-16-41(4,37)38/h5-10,17,20,26H,11-16,18H2,1-4H3. The Morgan fingerprint density at radius 3 is 2.27 bits per heavy atom. The Bertz CT molecular complexity index is 1390. The monoisotopic (exact) mass is 596 g/mol. The topological polar surface area (TPSA) is 93.2 Å². The van der Waals surface area contributed by atoms with E-state index < -0.39 is 39.3 Å². The number of ether oxygens (including phenoxy) is 2. The number of carbonyl (C=O) groups is 2. The lowest BCUT2D eigenvalue weighted by molar-refractivity contribution is -0.137. The number of carbonyl (C=O) groups excluding carboxylic acids is 2. The van der Waals surface area contributed by atoms with Gasteiger partial charge in [-0.1, -0.05) is 6.07 Å². The summed E-state index contributed by atoms with van der Waals surface area (Å²) in [5, 5.41) is 0. The van der Waals surface area contributed by atoms with E-state index in [4.69, 9.17) is 9.47 Å². The molecule has 0 aromatic heterocycles. The second-order valence-corrected chi connectivity index (χ2v) is 13.9. The molecule has 0 radical (unpaired) electrons. The Balaban J connectivity index is 1.62. The zero-order valence-electron chi connectivity index (χ0n) is 23.5. The predicted molar refractivity (Wildman–Crippen MR) is 146 cm³/mol. The normalized spacial score (nSPS) is 19.6. The molecule has 12 heteroatoms. The summed E-state index contributed by atoms with van der Waals surface area (Å²) in [5.41, 5.74) is 0.349. The number of fused-ring (bicyclic) bond motifs is 1. The molecule has 0 bridgehead atoms. The zero-order valence-corrected chi connectivity index (χ0v) is 24.3. The van der Waals surface area contributed by atoms with Gasteiger partial charge in [0.2, 0.25) is 5.91 Å². The van der Waals surface area contributed by atoms with Crippen molar-refractivity contribution >= 4 is 21.8 Å². The Morgan fingerprint density at radius 2 is 1.66 bits per heavy atom. The number of halogens is 3. The predicted octanol–water partition coefficient (Wildman–Crippen LogP) is 5.62. The molecule has 0 saturated carbocycles. The maximum Gasteiger partial charge on any atom is 0.416 e. The maximum atomic E-state index is 13.3. The molecule has 0 spiro atoms. The lowest BCUT2D eigenvalue weighted by atomic mass is 9.83. The summed E-state index contributed by atoms with van der Waals surface area (Å²) < 4.78 is 73.9. The minimum atomic E-state index is -4.46. The highest BCUT2D eigenvalue weighted by Gasteiger charge is 2.41. The molecular formula is C29H35F3N2O6S. The minimum Gasteiger partial charge on any atom is -0.457 e. The molecule has 224 valence electrons. The van der Waals surface area contributed by atoms with E-state index >= 15 is 0 Å². The lowest BCUT2D eigenvalue weighted by Gasteiger charge is -2.41. The van der Waals surface area contributed by atoms with Gasteiger partial charge in [0.05, 0.1) is 17.4 Å². The first-order valence-electron chi connectivity index (χ1n) is 13.4. The third-order valence-corrected chi connectivity index (χ3v) is 8.09. The molecule has 0 N–H and O–H groups in total. The van der Waals surface area contributed by atoms with Crippen LogP contribution in [0.2, 0.25) is 0 Å². The fourth-order valence-electron chi connectivity index (χ4n) is 5.28. The van der Waals surface area contributed by atoms with E-state index in [1.54, 1.807) is 42.7 Å². The Morgan fingerprint density at radius 1 is 1.00 bits per heavy atom. The summed E-state index contributed by atoms with van der Waals surface area (Å²) in [6.45, 7) is 6.54. The highest BCUT2D eigenvalue weighted by molar-refractivity contribution is 7.90. The smallest absolute Gasteiger partial charge is 0.416 e. The first kappa shape index (κ1) is 30.7. The van der Waals surface area contributed by atoms with Crippen molar-refractivity contribution in [3.8, 4) is 11.5 Å². The number of benzene rings is 2. The maximum absolute atomic E-state index is 13.3. The molecule has 8 nitrogen and oxygen atoms in total. The van der Waals surface area contributed by atoms with Gasteiger partial charge in [0.1, 0.15) is 26.9 Å². The van der Waals surface area contributed by atoms with Crippen molar-refractivity contribution in [2.75, 3.05) is 31.6 Å². The van der Waals surface area contributed by atoms with Crippen molar-refractivity contribution in [2.45, 2.75) is 57.9 Å². The summed E-state index contributed by atoms with van der Waals surface area (Å²) in [6.07, 6.45) is -2.83. The SMILES string of the molecule is CC(C)(C)OC(=O)N1CCC(C2c3cc(Oc4ccc(C(F)(F)F)cc4)ccc3CCN2C(=O)CCS(C)(=O)=O)C1. The van der Waals surface area contributed by atoms with Crippen LogP contribution in [-0.2, 0) is 32.0 Å². The van der Waals surface area contributed by atoms with Gasteiger partial charge in [-0.3, -0.25) is 4.79 Å². The Kier molecular flexibility index (Phi) is 8.63. The highest BCUT2D eigenvalue weighted by Crippen LogP contribution is 2.42. The number of likely N-dealkylation sites (tertiary alicyclic amines) is 1. The van der Waals surface area contributed by atoms with Gasteiger partial charge in [0.25, 0.3) is 0 Å². The summed E-state index contributed by atoms with van der Waals surface area (Å²) in [5.74, 6) is -0.0987. The molecule has 2 aliphatic heterocycles. The highest BCUT2D eigenvalue weighted by atomic mass is 32.2. The van der Waals surface area contributed by atoms with Gasteiger partial charge in [-0.2, -0.15) is 13.2 Å². The number of hydrogen-bond donors (Lipinski definition) is 0. The van der Waals surface area contributed by atoms with E-state index in [2.05, 4.69) is 0 Å². The second kappa shape index (κ2) is 11.5. The second-order valence-electron chi connectivity index (χ2n) is 11.6. The molecule has 41 heavy (non-hydrogen) atoms. The number of rotatable bonds is 6. The fourth-order valence-corrected chi connectivity index (χ4v) is 5.82. The van der Waals surface area contributed by atoms with Crippen LogP contribution in [0.5, 0.6) is 11.5 Å². The van der Waals surface area contributed by atoms with E-state index in [9.17, 15) is 31.2 Å². The Labute approximate surface area is 238 Å². The van der Waals surface area contributed by atoms with E-state index in [0.29, 0.717) is 38.2 Å². The number of nitrogens with zero attached hydrogens (tertiary/aromatic N) is 2. The van der Waals surface area contributed by atoms with Crippen LogP contribution in [0, 0.1) is 5.92 Å². The molecule has 2 aromatic rings. The lowest BCUT2D eigenvalue weighted by Crippen LogP contribution is -2.44. The van der Waals surface area contributed by atoms with Crippen molar-refractivity contribution in [1.29, 1.82) is 0 Å². The molecule has 1 saturated heterocycles. The van der Waals surface area contributed by atoms with Crippen molar-refractivity contribution in [2.24, 2.45) is 5.92 Å². The summed E-state index contributed by atoms with van der Waals surface area (Å²) >= 11 is 0. The van der Waals surface area contributed by atoms with Gasteiger partial charge >= 0.3 is 12.3 Å².